The van der Waals surface area contributed by atoms with Gasteiger partial charge in [0.25, 0.3) is 10.1 Å². The number of halogens is 1. The van der Waals surface area contributed by atoms with E-state index in [1.807, 2.05) is 26.8 Å². The number of rotatable bonds is 4. The lowest BCUT2D eigenvalue weighted by molar-refractivity contribution is 0.295. The molecule has 0 bridgehead atoms. The number of hydrogen-bond acceptors (Lipinski definition) is 5. The zero-order valence-corrected chi connectivity index (χ0v) is 15.3. The van der Waals surface area contributed by atoms with E-state index in [9.17, 15) is 8.42 Å². The van der Waals surface area contributed by atoms with Crippen LogP contribution < -0.4 is 10.5 Å². The van der Waals surface area contributed by atoms with Crippen molar-refractivity contribution in [1.29, 1.82) is 0 Å². The molecule has 1 aromatic heterocycles. The fraction of sp³-hybridized carbons (Fsp3) is 0.312. The summed E-state index contributed by atoms with van der Waals surface area (Å²) in [6.07, 6.45) is 1.59. The van der Waals surface area contributed by atoms with Crippen LogP contribution in [0.15, 0.2) is 41.4 Å². The molecule has 0 aliphatic carbocycles. The number of aryl methyl sites for hydroxylation is 2. The molecule has 1 atom stereocenters. The summed E-state index contributed by atoms with van der Waals surface area (Å²) in [6, 6.07) is 7.86. The van der Waals surface area contributed by atoms with Gasteiger partial charge < -0.3 is 10.5 Å². The second-order valence-corrected chi connectivity index (χ2v) is 7.13. The normalized spacial score (nSPS) is 12.1. The van der Waals surface area contributed by atoms with Gasteiger partial charge in [-0.15, -0.1) is 0 Å². The van der Waals surface area contributed by atoms with Gasteiger partial charge in [0.15, 0.2) is 0 Å². The standard InChI is InChI=1S/C9H13ClN2O.C7H8O3S/c1-6-3-8(4-12-9(6)10)13-5-7(2)11;1-6-2-4-7(5-3-6)11(8,9)10/h3-4,7H,5,11H2,1-2H3;2-5H,1H3,(H,8,9,10)/t7-;/m1./s1. The van der Waals surface area contributed by atoms with Crippen LogP contribution in [0.2, 0.25) is 5.15 Å². The van der Waals surface area contributed by atoms with Crippen LogP contribution >= 0.6 is 11.6 Å². The lowest BCUT2D eigenvalue weighted by atomic mass is 10.2. The first kappa shape index (κ1) is 20.4. The Morgan fingerprint density at radius 2 is 1.88 bits per heavy atom. The van der Waals surface area contributed by atoms with Gasteiger partial charge in [-0.1, -0.05) is 29.3 Å². The predicted molar refractivity (Wildman–Crippen MR) is 94.1 cm³/mol. The molecule has 1 heterocycles. The molecule has 2 rings (SSSR count). The van der Waals surface area contributed by atoms with Gasteiger partial charge in [0.2, 0.25) is 0 Å². The van der Waals surface area contributed by atoms with Gasteiger partial charge in [0.05, 0.1) is 11.1 Å². The maximum Gasteiger partial charge on any atom is 0.294 e. The summed E-state index contributed by atoms with van der Waals surface area (Å²) in [5, 5.41) is 0.508. The highest BCUT2D eigenvalue weighted by molar-refractivity contribution is 7.85. The third-order valence-corrected chi connectivity index (χ3v) is 4.08. The molecule has 0 fully saturated rings. The largest absolute Gasteiger partial charge is 0.490 e. The first-order valence-corrected chi connectivity index (χ1v) is 8.96. The molecule has 1 aromatic carbocycles. The quantitative estimate of drug-likeness (QED) is 0.631. The molecule has 6 nitrogen and oxygen atoms in total. The van der Waals surface area contributed by atoms with Gasteiger partial charge in [-0.25, -0.2) is 4.98 Å². The average molecular weight is 373 g/mol. The molecule has 0 aliphatic heterocycles. The number of hydrogen-bond donors (Lipinski definition) is 2. The summed E-state index contributed by atoms with van der Waals surface area (Å²) < 4.78 is 34.9. The lowest BCUT2D eigenvalue weighted by Gasteiger charge is -2.08. The van der Waals surface area contributed by atoms with E-state index in [2.05, 4.69) is 4.98 Å². The molecule has 0 aliphatic rings. The van der Waals surface area contributed by atoms with Crippen molar-refractivity contribution in [2.45, 2.75) is 31.7 Å². The number of benzene rings is 1. The van der Waals surface area contributed by atoms with Crippen LogP contribution in [-0.2, 0) is 10.1 Å². The number of nitrogens with zero attached hydrogens (tertiary/aromatic N) is 1. The van der Waals surface area contributed by atoms with Crippen molar-refractivity contribution in [3.8, 4) is 5.75 Å². The zero-order valence-electron chi connectivity index (χ0n) is 13.7. The Hall–Kier alpha value is -1.67. The summed E-state index contributed by atoms with van der Waals surface area (Å²) >= 11 is 5.75. The molecule has 0 saturated carbocycles. The van der Waals surface area contributed by atoms with E-state index in [0.717, 1.165) is 11.1 Å². The molecular formula is C16H21ClN2O4S. The molecular weight excluding hydrogens is 352 g/mol. The van der Waals surface area contributed by atoms with E-state index < -0.39 is 10.1 Å². The Bertz CT molecular complexity index is 762. The molecule has 0 saturated heterocycles. The summed E-state index contributed by atoms with van der Waals surface area (Å²) in [7, 11) is -4.02. The minimum Gasteiger partial charge on any atom is -0.490 e. The van der Waals surface area contributed by atoms with E-state index in [1.54, 1.807) is 18.3 Å². The average Bonchev–Trinajstić information content (AvgIpc) is 2.48. The van der Waals surface area contributed by atoms with Crippen LogP contribution in [0.3, 0.4) is 0 Å². The summed E-state index contributed by atoms with van der Waals surface area (Å²) in [5.41, 5.74) is 7.40. The third kappa shape index (κ3) is 7.27. The highest BCUT2D eigenvalue weighted by Gasteiger charge is 2.06. The van der Waals surface area contributed by atoms with E-state index >= 15 is 0 Å². The molecule has 0 amide bonds. The number of aromatic nitrogens is 1. The first-order chi connectivity index (χ1) is 11.1. The summed E-state index contributed by atoms with van der Waals surface area (Å²) in [6.45, 7) is 6.10. The maximum absolute atomic E-state index is 10.5. The van der Waals surface area contributed by atoms with Crippen molar-refractivity contribution in [3.05, 3.63) is 52.8 Å². The Morgan fingerprint density at radius 1 is 1.29 bits per heavy atom. The first-order valence-electron chi connectivity index (χ1n) is 7.14. The van der Waals surface area contributed by atoms with Crippen LogP contribution in [-0.4, -0.2) is 30.6 Å². The molecule has 24 heavy (non-hydrogen) atoms. The van der Waals surface area contributed by atoms with Gasteiger partial charge in [-0.05, 0) is 44.5 Å². The van der Waals surface area contributed by atoms with Gasteiger partial charge >= 0.3 is 0 Å². The van der Waals surface area contributed by atoms with Crippen LogP contribution in [0, 0.1) is 13.8 Å². The van der Waals surface area contributed by atoms with Crippen LogP contribution in [0.5, 0.6) is 5.75 Å². The minimum atomic E-state index is -4.02. The van der Waals surface area contributed by atoms with Crippen molar-refractivity contribution in [3.63, 3.8) is 0 Å². The number of nitrogens with two attached hydrogens (primary N) is 1. The van der Waals surface area contributed by atoms with Crippen LogP contribution in [0.25, 0.3) is 0 Å². The Balaban J connectivity index is 0.000000243. The van der Waals surface area contributed by atoms with Crippen molar-refractivity contribution in [1.82, 2.24) is 4.98 Å². The summed E-state index contributed by atoms with van der Waals surface area (Å²) in [5.74, 6) is 0.708. The molecule has 0 spiro atoms. The minimum absolute atomic E-state index is 0.0241. The second kappa shape index (κ2) is 8.98. The number of ether oxygens (including phenoxy) is 1. The predicted octanol–water partition coefficient (Wildman–Crippen LogP) is 3.01. The number of pyridine rings is 1. The Morgan fingerprint density at radius 3 is 2.33 bits per heavy atom. The fourth-order valence-electron chi connectivity index (χ4n) is 1.55. The smallest absolute Gasteiger partial charge is 0.294 e. The monoisotopic (exact) mass is 372 g/mol. The fourth-order valence-corrected chi connectivity index (χ4v) is 2.13. The van der Waals surface area contributed by atoms with Gasteiger partial charge in [-0.2, -0.15) is 8.42 Å². The van der Waals surface area contributed by atoms with E-state index in [0.29, 0.717) is 17.5 Å². The molecule has 2 aromatic rings. The molecule has 132 valence electrons. The van der Waals surface area contributed by atoms with Crippen LogP contribution in [0.1, 0.15) is 18.1 Å². The van der Waals surface area contributed by atoms with Crippen molar-refractivity contribution in [2.24, 2.45) is 5.73 Å². The van der Waals surface area contributed by atoms with Crippen LogP contribution in [0.4, 0.5) is 0 Å². The van der Waals surface area contributed by atoms with Crippen molar-refractivity contribution >= 4 is 21.7 Å². The second-order valence-electron chi connectivity index (χ2n) is 5.36. The van der Waals surface area contributed by atoms with Gasteiger partial charge in [0, 0.05) is 6.04 Å². The van der Waals surface area contributed by atoms with Crippen molar-refractivity contribution in [2.75, 3.05) is 6.61 Å². The molecule has 3 N–H and O–H groups in total. The summed E-state index contributed by atoms with van der Waals surface area (Å²) in [4.78, 5) is 3.89. The topological polar surface area (TPSA) is 103 Å². The van der Waals surface area contributed by atoms with Gasteiger partial charge in [0.1, 0.15) is 17.5 Å². The molecule has 8 heteroatoms. The van der Waals surface area contributed by atoms with Crippen molar-refractivity contribution < 1.29 is 17.7 Å². The third-order valence-electron chi connectivity index (χ3n) is 2.82. The Kier molecular flexibility index (Phi) is 7.62. The lowest BCUT2D eigenvalue weighted by Crippen LogP contribution is -2.23. The SMILES string of the molecule is Cc1cc(OC[C@@H](C)N)cnc1Cl.Cc1ccc(S(=O)(=O)O)cc1. The molecule has 0 radical (unpaired) electrons. The molecule has 0 unspecified atom stereocenters. The highest BCUT2D eigenvalue weighted by atomic mass is 35.5. The van der Waals surface area contributed by atoms with Gasteiger partial charge in [-0.3, -0.25) is 4.55 Å². The zero-order chi connectivity index (χ0) is 18.3. The highest BCUT2D eigenvalue weighted by Crippen LogP contribution is 2.17. The van der Waals surface area contributed by atoms with E-state index in [1.165, 1.54) is 12.1 Å². The van der Waals surface area contributed by atoms with E-state index in [4.69, 9.17) is 26.6 Å². The maximum atomic E-state index is 10.5. The Labute approximate surface area is 147 Å². The van der Waals surface area contributed by atoms with E-state index in [-0.39, 0.29) is 10.9 Å².